The van der Waals surface area contributed by atoms with E-state index in [2.05, 4.69) is 12.2 Å². The van der Waals surface area contributed by atoms with Crippen LogP contribution in [0.15, 0.2) is 34.7 Å². The van der Waals surface area contributed by atoms with E-state index in [-0.39, 0.29) is 17.7 Å². The van der Waals surface area contributed by atoms with E-state index in [1.807, 2.05) is 12.1 Å². The van der Waals surface area contributed by atoms with Crippen molar-refractivity contribution in [3.05, 3.63) is 58.3 Å². The van der Waals surface area contributed by atoms with E-state index < -0.39 is 5.82 Å². The summed E-state index contributed by atoms with van der Waals surface area (Å²) < 4.78 is 19.3. The topological polar surface area (TPSA) is 45.4 Å². The zero-order chi connectivity index (χ0) is 15.7. The van der Waals surface area contributed by atoms with Gasteiger partial charge >= 0.3 is 0 Å². The fourth-order valence-corrected chi connectivity index (χ4v) is 2.77. The third-order valence-corrected chi connectivity index (χ3v) is 4.52. The van der Waals surface area contributed by atoms with E-state index in [0.717, 1.165) is 11.5 Å². The lowest BCUT2D eigenvalue weighted by molar-refractivity contribution is 0.240. The monoisotopic (exact) mass is 323 g/mol. The zero-order valence-corrected chi connectivity index (χ0v) is 13.1. The van der Waals surface area contributed by atoms with Crippen LogP contribution in [0.25, 0.3) is 0 Å². The normalized spacial score (nSPS) is 21.8. The Balaban J connectivity index is 1.63. The summed E-state index contributed by atoms with van der Waals surface area (Å²) in [5.74, 6) is 2.62. The third-order valence-electron chi connectivity index (χ3n) is 4.21. The van der Waals surface area contributed by atoms with E-state index in [9.17, 15) is 9.50 Å². The highest BCUT2D eigenvalue weighted by Crippen LogP contribution is 2.47. The first-order chi connectivity index (χ1) is 10.6. The van der Waals surface area contributed by atoms with Gasteiger partial charge in [0.15, 0.2) is 0 Å². The Morgan fingerprint density at radius 3 is 2.82 bits per heavy atom. The smallest absolute Gasteiger partial charge is 0.142 e. The van der Waals surface area contributed by atoms with Crippen molar-refractivity contribution in [1.82, 2.24) is 5.32 Å². The van der Waals surface area contributed by atoms with Crippen molar-refractivity contribution in [2.45, 2.75) is 31.8 Å². The second-order valence-corrected chi connectivity index (χ2v) is 6.32. The Labute approximate surface area is 134 Å². The first-order valence-electron chi connectivity index (χ1n) is 7.46. The minimum Gasteiger partial charge on any atom is -0.464 e. The maximum atomic E-state index is 13.5. The van der Waals surface area contributed by atoms with Crippen LogP contribution in [0.5, 0.6) is 0 Å². The zero-order valence-electron chi connectivity index (χ0n) is 12.4. The highest BCUT2D eigenvalue weighted by atomic mass is 35.5. The maximum absolute atomic E-state index is 13.5. The van der Waals surface area contributed by atoms with Gasteiger partial charge in [0.05, 0.1) is 24.2 Å². The molecular weight excluding hydrogens is 305 g/mol. The second-order valence-electron chi connectivity index (χ2n) is 5.91. The number of benzene rings is 1. The van der Waals surface area contributed by atoms with Crippen molar-refractivity contribution in [3.63, 3.8) is 0 Å². The first-order valence-corrected chi connectivity index (χ1v) is 7.84. The Kier molecular flexibility index (Phi) is 4.52. The molecule has 1 aromatic heterocycles. The lowest BCUT2D eigenvalue weighted by atomic mass is 10.1. The minimum absolute atomic E-state index is 0.0784. The Morgan fingerprint density at radius 2 is 2.18 bits per heavy atom. The number of aliphatic hydroxyl groups is 1. The van der Waals surface area contributed by atoms with Crippen molar-refractivity contribution in [1.29, 1.82) is 0 Å². The van der Waals surface area contributed by atoms with Gasteiger partial charge in [-0.2, -0.15) is 0 Å². The molecule has 3 atom stereocenters. The van der Waals surface area contributed by atoms with Gasteiger partial charge in [-0.15, -0.1) is 0 Å². The van der Waals surface area contributed by atoms with Crippen molar-refractivity contribution >= 4 is 11.6 Å². The van der Waals surface area contributed by atoms with Crippen LogP contribution >= 0.6 is 11.6 Å². The molecule has 1 aliphatic carbocycles. The molecule has 118 valence electrons. The van der Waals surface area contributed by atoms with Gasteiger partial charge in [-0.1, -0.05) is 24.6 Å². The molecule has 3 unspecified atom stereocenters. The summed E-state index contributed by atoms with van der Waals surface area (Å²) in [7, 11) is 0. The predicted octanol–water partition coefficient (Wildman–Crippen LogP) is 4.02. The number of halogens is 2. The van der Waals surface area contributed by atoms with Gasteiger partial charge in [0.2, 0.25) is 0 Å². The van der Waals surface area contributed by atoms with Gasteiger partial charge in [-0.3, -0.25) is 0 Å². The molecule has 0 radical (unpaired) electrons. The molecule has 2 N–H and O–H groups in total. The van der Waals surface area contributed by atoms with Gasteiger partial charge < -0.3 is 14.8 Å². The summed E-state index contributed by atoms with van der Waals surface area (Å²) in [5, 5.41) is 12.8. The van der Waals surface area contributed by atoms with Crippen LogP contribution < -0.4 is 5.32 Å². The average Bonchev–Trinajstić information content (AvgIpc) is 3.05. The molecule has 1 fully saturated rings. The average molecular weight is 324 g/mol. The van der Waals surface area contributed by atoms with Crippen LogP contribution in [-0.2, 0) is 6.54 Å². The molecule has 0 amide bonds. The number of nitrogens with one attached hydrogen (secondary N) is 1. The van der Waals surface area contributed by atoms with Gasteiger partial charge in [0.1, 0.15) is 17.3 Å². The molecule has 3 rings (SSSR count). The molecule has 22 heavy (non-hydrogen) atoms. The van der Waals surface area contributed by atoms with Crippen LogP contribution in [0.4, 0.5) is 4.39 Å². The van der Waals surface area contributed by atoms with Crippen LogP contribution in [0.3, 0.4) is 0 Å². The third kappa shape index (κ3) is 3.35. The van der Waals surface area contributed by atoms with Gasteiger partial charge in [0, 0.05) is 5.92 Å². The van der Waals surface area contributed by atoms with Crippen molar-refractivity contribution < 1.29 is 13.9 Å². The van der Waals surface area contributed by atoms with Crippen molar-refractivity contribution in [2.75, 3.05) is 6.61 Å². The largest absolute Gasteiger partial charge is 0.464 e. The lowest BCUT2D eigenvalue weighted by Gasteiger charge is -2.16. The number of hydrogen-bond acceptors (Lipinski definition) is 3. The van der Waals surface area contributed by atoms with E-state index in [4.69, 9.17) is 16.0 Å². The molecule has 3 nitrogen and oxygen atoms in total. The molecule has 2 aromatic rings. The second kappa shape index (κ2) is 6.41. The fraction of sp³-hybridized carbons (Fsp3) is 0.412. The molecule has 0 bridgehead atoms. The Bertz CT molecular complexity index is 658. The number of aliphatic hydroxyl groups excluding tert-OH is 1. The van der Waals surface area contributed by atoms with Gasteiger partial charge in [-0.25, -0.2) is 4.39 Å². The molecule has 1 saturated carbocycles. The molecule has 5 heteroatoms. The van der Waals surface area contributed by atoms with E-state index in [1.54, 1.807) is 6.07 Å². The Morgan fingerprint density at radius 1 is 1.41 bits per heavy atom. The summed E-state index contributed by atoms with van der Waals surface area (Å²) in [6.07, 6.45) is 1.18. The fourth-order valence-electron chi connectivity index (χ4n) is 2.65. The number of hydrogen-bond donors (Lipinski definition) is 2. The summed E-state index contributed by atoms with van der Waals surface area (Å²) in [5.41, 5.74) is 0.659. The summed E-state index contributed by atoms with van der Waals surface area (Å²) in [4.78, 5) is 0. The SMILES string of the molecule is CC1CC1c1ccc(CNC(CO)c2ccc(Cl)c(F)c2)o1. The summed E-state index contributed by atoms with van der Waals surface area (Å²) in [6.45, 7) is 2.56. The molecule has 1 aromatic carbocycles. The molecule has 1 heterocycles. The maximum Gasteiger partial charge on any atom is 0.142 e. The number of furan rings is 1. The van der Waals surface area contributed by atoms with Crippen molar-refractivity contribution in [2.24, 2.45) is 5.92 Å². The summed E-state index contributed by atoms with van der Waals surface area (Å²) in [6, 6.07) is 8.15. The van der Waals surface area contributed by atoms with Crippen molar-refractivity contribution in [3.8, 4) is 0 Å². The standard InChI is InChI=1S/C17H19ClFNO2/c1-10-6-13(10)17-5-3-12(22-17)8-20-16(9-21)11-2-4-14(18)15(19)7-11/h2-5,7,10,13,16,20-21H,6,8-9H2,1H3. The summed E-state index contributed by atoms with van der Waals surface area (Å²) >= 11 is 5.68. The molecule has 0 aliphatic heterocycles. The molecular formula is C17H19ClFNO2. The highest BCUT2D eigenvalue weighted by Gasteiger charge is 2.36. The lowest BCUT2D eigenvalue weighted by Crippen LogP contribution is -2.23. The molecule has 0 saturated heterocycles. The van der Waals surface area contributed by atoms with E-state index in [1.165, 1.54) is 18.6 Å². The van der Waals surface area contributed by atoms with Gasteiger partial charge in [-0.05, 0) is 42.2 Å². The van der Waals surface area contributed by atoms with Crippen LogP contribution in [0.2, 0.25) is 5.02 Å². The molecule has 1 aliphatic rings. The van der Waals surface area contributed by atoms with E-state index >= 15 is 0 Å². The highest BCUT2D eigenvalue weighted by molar-refractivity contribution is 6.30. The minimum atomic E-state index is -0.484. The quantitative estimate of drug-likeness (QED) is 0.844. The Hall–Kier alpha value is -1.36. The van der Waals surface area contributed by atoms with E-state index in [0.29, 0.717) is 23.9 Å². The number of rotatable bonds is 6. The van der Waals surface area contributed by atoms with Crippen LogP contribution in [0.1, 0.15) is 42.4 Å². The first kappa shape index (κ1) is 15.5. The van der Waals surface area contributed by atoms with Gasteiger partial charge in [0.25, 0.3) is 0 Å². The molecule has 0 spiro atoms. The predicted molar refractivity (Wildman–Crippen MR) is 83.3 cm³/mol. The van der Waals surface area contributed by atoms with Crippen LogP contribution in [0, 0.1) is 11.7 Å². The van der Waals surface area contributed by atoms with Crippen LogP contribution in [-0.4, -0.2) is 11.7 Å².